The normalized spacial score (nSPS) is 16.1. The van der Waals surface area contributed by atoms with Crippen LogP contribution < -0.4 is 15.4 Å². The molecular weight excluding hydrogens is 1100 g/mol. The molecule has 2 aliphatic rings. The summed E-state index contributed by atoms with van der Waals surface area (Å²) in [6.07, 6.45) is 4.13. The molecule has 0 bridgehead atoms. The van der Waals surface area contributed by atoms with Crippen molar-refractivity contribution in [3.63, 3.8) is 0 Å². The Kier molecular flexibility index (Phi) is 24.6. The predicted octanol–water partition coefficient (Wildman–Crippen LogP) is 9.49. The van der Waals surface area contributed by atoms with Gasteiger partial charge in [-0.05, 0) is 135 Å². The molecule has 4 aromatic carbocycles. The van der Waals surface area contributed by atoms with Crippen molar-refractivity contribution in [2.75, 3.05) is 105 Å². The van der Waals surface area contributed by atoms with E-state index in [0.717, 1.165) is 52.6 Å². The second-order valence-corrected chi connectivity index (χ2v) is 25.1. The van der Waals surface area contributed by atoms with Gasteiger partial charge in [0.2, 0.25) is 10.0 Å². The van der Waals surface area contributed by atoms with Crippen LogP contribution in [0.5, 0.6) is 0 Å². The molecule has 0 saturated carbocycles. The van der Waals surface area contributed by atoms with Crippen molar-refractivity contribution < 1.29 is 45.4 Å². The van der Waals surface area contributed by atoms with E-state index >= 15 is 0 Å². The number of amides is 2. The van der Waals surface area contributed by atoms with E-state index in [1.165, 1.54) is 0 Å². The second-order valence-electron chi connectivity index (χ2n) is 19.6. The van der Waals surface area contributed by atoms with E-state index in [2.05, 4.69) is 25.2 Å². The Morgan fingerprint density at radius 2 is 1.05 bits per heavy atom. The highest BCUT2D eigenvalue weighted by Crippen LogP contribution is 2.41. The van der Waals surface area contributed by atoms with Crippen LogP contribution >= 0.6 is 46.4 Å². The van der Waals surface area contributed by atoms with E-state index in [9.17, 15) is 26.4 Å². The minimum absolute atomic E-state index is 0.0481. The smallest absolute Gasteiger partial charge is 0.314 e. The van der Waals surface area contributed by atoms with Crippen LogP contribution in [0.25, 0.3) is 0 Å². The van der Waals surface area contributed by atoms with Gasteiger partial charge in [0, 0.05) is 104 Å². The number of ketones is 1. The Morgan fingerprint density at radius 3 is 1.63 bits per heavy atom. The van der Waals surface area contributed by atoms with Crippen LogP contribution in [0.2, 0.25) is 20.1 Å². The van der Waals surface area contributed by atoms with Gasteiger partial charge in [0.05, 0.1) is 55.2 Å². The van der Waals surface area contributed by atoms with Crippen molar-refractivity contribution >= 4 is 78.1 Å². The summed E-state index contributed by atoms with van der Waals surface area (Å²) in [5.74, 6) is -0.0398. The third kappa shape index (κ3) is 18.6. The molecule has 2 atom stereocenters. The number of benzene rings is 4. The van der Waals surface area contributed by atoms with E-state index in [0.29, 0.717) is 141 Å². The van der Waals surface area contributed by atoms with Crippen molar-refractivity contribution in [2.45, 2.75) is 93.5 Å². The number of rotatable bonds is 31. The van der Waals surface area contributed by atoms with Gasteiger partial charge in [0.15, 0.2) is 9.84 Å². The fourth-order valence-corrected chi connectivity index (χ4v) is 13.6. The number of likely N-dealkylation sites (N-methyl/N-ethyl adjacent to an activating group) is 2. The zero-order chi connectivity index (χ0) is 54.8. The van der Waals surface area contributed by atoms with Gasteiger partial charge >= 0.3 is 6.03 Å². The van der Waals surface area contributed by atoms with Gasteiger partial charge in [0.25, 0.3) is 0 Å². The third-order valence-electron chi connectivity index (χ3n) is 13.5. The Morgan fingerprint density at radius 1 is 0.566 bits per heavy atom. The van der Waals surface area contributed by atoms with Gasteiger partial charge in [-0.25, -0.2) is 26.4 Å². The number of urea groups is 1. The first-order chi connectivity index (χ1) is 36.3. The lowest BCUT2D eigenvalue weighted by molar-refractivity contribution is -0.119. The lowest BCUT2D eigenvalue weighted by Crippen LogP contribution is -2.37. The average molecular weight is 1170 g/mol. The number of sulfone groups is 1. The van der Waals surface area contributed by atoms with Crippen molar-refractivity contribution in [1.82, 2.24) is 25.2 Å². The Hall–Kier alpha value is -3.40. The molecular formula is C55H73Cl4N5O10S2. The number of hydrogen-bond donors (Lipinski definition) is 3. The number of carbonyl (C=O) groups excluding carboxylic acids is 2. The van der Waals surface area contributed by atoms with Crippen LogP contribution in [-0.4, -0.2) is 144 Å². The maximum atomic E-state index is 13.5. The van der Waals surface area contributed by atoms with Gasteiger partial charge in [-0.15, -0.1) is 0 Å². The first-order valence-electron chi connectivity index (χ1n) is 25.9. The molecule has 0 radical (unpaired) electrons. The number of sulfonamides is 1. The topological polar surface area (TPSA) is 182 Å². The number of nitrogens with one attached hydrogen (secondary N) is 3. The molecule has 76 heavy (non-hydrogen) atoms. The summed E-state index contributed by atoms with van der Waals surface area (Å²) in [7, 11) is -3.35. The van der Waals surface area contributed by atoms with E-state index in [4.69, 9.17) is 65.4 Å². The number of carbonyl (C=O) groups is 2. The molecule has 4 aromatic rings. The highest BCUT2D eigenvalue weighted by molar-refractivity contribution is 7.91. The lowest BCUT2D eigenvalue weighted by Gasteiger charge is -2.33. The van der Waals surface area contributed by atoms with Crippen molar-refractivity contribution in [2.24, 2.45) is 0 Å². The van der Waals surface area contributed by atoms with Crippen LogP contribution in [0, 0.1) is 13.8 Å². The number of nitrogens with zero attached hydrogens (tertiary/aromatic N) is 2. The van der Waals surface area contributed by atoms with E-state index in [1.54, 1.807) is 31.2 Å². The minimum atomic E-state index is -3.81. The van der Waals surface area contributed by atoms with E-state index in [1.807, 2.05) is 57.4 Å². The van der Waals surface area contributed by atoms with Crippen molar-refractivity contribution in [3.8, 4) is 0 Å². The minimum Gasteiger partial charge on any atom is -0.379 e. The molecule has 0 aliphatic carbocycles. The van der Waals surface area contributed by atoms with Crippen LogP contribution in [0.4, 0.5) is 4.79 Å². The Balaban J connectivity index is 0.721. The fourth-order valence-electron chi connectivity index (χ4n) is 9.60. The van der Waals surface area contributed by atoms with Gasteiger partial charge < -0.3 is 39.4 Å². The van der Waals surface area contributed by atoms with Crippen LogP contribution in [-0.2, 0) is 56.7 Å². The number of Topliss-reactive ketones (excluding diaryl/α,β-unsaturated/α-hetero) is 1. The zero-order valence-corrected chi connectivity index (χ0v) is 48.7. The largest absolute Gasteiger partial charge is 0.379 e. The quantitative estimate of drug-likeness (QED) is 0.0407. The molecule has 0 saturated heterocycles. The predicted molar refractivity (Wildman–Crippen MR) is 301 cm³/mol. The van der Waals surface area contributed by atoms with Crippen molar-refractivity contribution in [3.05, 3.63) is 125 Å². The summed E-state index contributed by atoms with van der Waals surface area (Å²) in [5.41, 5.74) is 7.14. The first kappa shape index (κ1) is 61.8. The number of ether oxygens (including phenoxy) is 4. The Bertz CT molecular complexity index is 2640. The summed E-state index contributed by atoms with van der Waals surface area (Å²) in [6, 6.07) is 18.2. The zero-order valence-electron chi connectivity index (χ0n) is 44.0. The van der Waals surface area contributed by atoms with Gasteiger partial charge in [-0.2, -0.15) is 0 Å². The number of fused-ring (bicyclic) bond motifs is 2. The molecule has 15 nitrogen and oxygen atoms in total. The van der Waals surface area contributed by atoms with Crippen LogP contribution in [0.15, 0.2) is 70.5 Å². The molecule has 0 aromatic heterocycles. The molecule has 0 spiro atoms. The standard InChI is InChI=1S/C55H73Cl4N5O10S2/c1-38-12-14-40(47-34-63(3)36-49-45(47)30-42(56)32-51(49)58)28-53(38)75(67,68)27-9-20-72-24-25-73-21-17-61-55(66)60-16-7-5-6-10-44(65)11-8-19-71-23-26-74-22-18-62-76(69,70)54-29-41(15-13-39(54)2)48-35-64(4)37-50-46(48)31-43(57)33-52(50)59/h12-15,28-33,47-48,62H,5-11,16-27,34-37H2,1-4H3,(H2,60,61,66). The fraction of sp³-hybridized carbons (Fsp3) is 0.527. The number of aryl methyl sites for hydroxylation is 2. The summed E-state index contributed by atoms with van der Waals surface area (Å²) >= 11 is 25.8. The van der Waals surface area contributed by atoms with Crippen molar-refractivity contribution in [1.29, 1.82) is 0 Å². The summed E-state index contributed by atoms with van der Waals surface area (Å²) in [6.45, 7) is 9.67. The third-order valence-corrected chi connectivity index (χ3v) is 18.2. The number of hydrogen-bond acceptors (Lipinski definition) is 12. The molecule has 21 heteroatoms. The highest BCUT2D eigenvalue weighted by atomic mass is 35.5. The maximum absolute atomic E-state index is 13.5. The van der Waals surface area contributed by atoms with Gasteiger partial charge in [0.1, 0.15) is 5.78 Å². The SMILES string of the molecule is Cc1ccc(C2CN(C)Cc3c(Cl)cc(Cl)cc32)cc1S(=O)(=O)CCCOCCOCCNC(=O)NCCCCCC(=O)CCCOCCOCCNS(=O)(=O)c1cc(C2CN(C)Cc3c(Cl)cc(Cl)cc32)ccc1C. The first-order valence-corrected chi connectivity index (χ1v) is 30.6. The molecule has 2 unspecified atom stereocenters. The molecule has 6 rings (SSSR count). The maximum Gasteiger partial charge on any atom is 0.314 e. The molecule has 3 N–H and O–H groups in total. The van der Waals surface area contributed by atoms with Gasteiger partial charge in [-0.1, -0.05) is 77.1 Å². The van der Waals surface area contributed by atoms with E-state index in [-0.39, 0.29) is 54.1 Å². The average Bonchev–Trinajstić information content (AvgIpc) is 3.37. The van der Waals surface area contributed by atoms with Crippen LogP contribution in [0.3, 0.4) is 0 Å². The summed E-state index contributed by atoms with van der Waals surface area (Å²) in [5, 5.41) is 7.88. The van der Waals surface area contributed by atoms with Crippen LogP contribution in [0.1, 0.15) is 101 Å². The van der Waals surface area contributed by atoms with E-state index < -0.39 is 19.9 Å². The second kappa shape index (κ2) is 30.3. The number of unbranched alkanes of at least 4 members (excludes halogenated alkanes) is 2. The molecule has 0 fully saturated rings. The lowest BCUT2D eigenvalue weighted by atomic mass is 9.84. The Labute approximate surface area is 469 Å². The highest BCUT2D eigenvalue weighted by Gasteiger charge is 2.31. The number of halogens is 4. The molecule has 2 aliphatic heterocycles. The monoisotopic (exact) mass is 1170 g/mol. The molecule has 2 heterocycles. The van der Waals surface area contributed by atoms with Gasteiger partial charge in [-0.3, -0.25) is 4.79 Å². The summed E-state index contributed by atoms with van der Waals surface area (Å²) in [4.78, 5) is 29.4. The summed E-state index contributed by atoms with van der Waals surface area (Å²) < 4.78 is 78.7. The molecule has 2 amide bonds. The molecule has 418 valence electrons.